The van der Waals surface area contributed by atoms with Crippen LogP contribution in [-0.4, -0.2) is 55.1 Å². The Kier molecular flexibility index (Phi) is 3.43. The van der Waals surface area contributed by atoms with Gasteiger partial charge in [0.05, 0.1) is 31.2 Å². The summed E-state index contributed by atoms with van der Waals surface area (Å²) in [5.41, 5.74) is 1.77. The van der Waals surface area contributed by atoms with Gasteiger partial charge in [-0.1, -0.05) is 0 Å². The van der Waals surface area contributed by atoms with Crippen LogP contribution in [0.15, 0.2) is 43.2 Å². The van der Waals surface area contributed by atoms with E-state index >= 15 is 0 Å². The Morgan fingerprint density at radius 1 is 1.22 bits per heavy atom. The summed E-state index contributed by atoms with van der Waals surface area (Å²) in [4.78, 5) is 27.1. The molecule has 1 amide bonds. The molecule has 0 bridgehead atoms. The number of hydrogen-bond donors (Lipinski definition) is 0. The summed E-state index contributed by atoms with van der Waals surface area (Å²) in [7, 11) is 0. The van der Waals surface area contributed by atoms with E-state index in [0.717, 1.165) is 5.69 Å². The summed E-state index contributed by atoms with van der Waals surface area (Å²) >= 11 is 0. The second-order valence-electron chi connectivity index (χ2n) is 5.19. The summed E-state index contributed by atoms with van der Waals surface area (Å²) < 4.78 is 7.31. The van der Waals surface area contributed by atoms with Crippen molar-refractivity contribution < 1.29 is 9.53 Å². The number of nitrogens with zero attached hydrogens (tertiary/aromatic N) is 6. The third-order valence-corrected chi connectivity index (χ3v) is 3.78. The molecule has 116 valence electrons. The van der Waals surface area contributed by atoms with Gasteiger partial charge in [0.15, 0.2) is 5.65 Å². The third kappa shape index (κ3) is 2.53. The summed E-state index contributed by atoms with van der Waals surface area (Å²) in [5, 5.41) is 4.16. The first kappa shape index (κ1) is 13.8. The predicted octanol–water partition coefficient (Wildman–Crippen LogP) is 0.733. The maximum Gasteiger partial charge on any atom is 0.259 e. The number of carbonyl (C=O) groups excluding carboxylic acids is 1. The van der Waals surface area contributed by atoms with Crippen molar-refractivity contribution in [3.05, 3.63) is 54.5 Å². The maximum absolute atomic E-state index is 12.8. The lowest BCUT2D eigenvalue weighted by molar-refractivity contribution is -0.0248. The van der Waals surface area contributed by atoms with E-state index in [-0.39, 0.29) is 12.0 Å². The molecule has 0 saturated carbocycles. The largest absolute Gasteiger partial charge is 0.368 e. The van der Waals surface area contributed by atoms with Crippen LogP contribution in [0.5, 0.6) is 0 Å². The number of fused-ring (bicyclic) bond motifs is 1. The third-order valence-electron chi connectivity index (χ3n) is 3.78. The van der Waals surface area contributed by atoms with Crippen molar-refractivity contribution in [3.8, 4) is 0 Å². The van der Waals surface area contributed by atoms with Gasteiger partial charge >= 0.3 is 0 Å². The van der Waals surface area contributed by atoms with Crippen molar-refractivity contribution in [1.82, 2.24) is 29.5 Å². The molecule has 0 spiro atoms. The zero-order chi connectivity index (χ0) is 15.6. The zero-order valence-corrected chi connectivity index (χ0v) is 12.2. The SMILES string of the molecule is O=C(c1cnn2cccnc12)N1CCO[C@@H](c2cnccn2)C1. The highest BCUT2D eigenvalue weighted by Crippen LogP contribution is 2.21. The Balaban J connectivity index is 1.59. The predicted molar refractivity (Wildman–Crippen MR) is 79.6 cm³/mol. The van der Waals surface area contributed by atoms with Gasteiger partial charge in [-0.2, -0.15) is 5.10 Å². The molecule has 0 aliphatic carbocycles. The molecule has 1 aliphatic rings. The van der Waals surface area contributed by atoms with Crippen molar-refractivity contribution in [3.63, 3.8) is 0 Å². The van der Waals surface area contributed by atoms with Gasteiger partial charge in [-0.3, -0.25) is 14.8 Å². The van der Waals surface area contributed by atoms with Crippen LogP contribution in [-0.2, 0) is 4.74 Å². The van der Waals surface area contributed by atoms with E-state index in [1.807, 2.05) is 0 Å². The Labute approximate surface area is 131 Å². The summed E-state index contributed by atoms with van der Waals surface area (Å²) in [6, 6.07) is 1.77. The molecule has 0 unspecified atom stereocenters. The molecule has 1 atom stereocenters. The van der Waals surface area contributed by atoms with Crippen LogP contribution in [0.4, 0.5) is 0 Å². The molecule has 0 N–H and O–H groups in total. The van der Waals surface area contributed by atoms with E-state index in [2.05, 4.69) is 20.1 Å². The van der Waals surface area contributed by atoms with Crippen molar-refractivity contribution in [2.45, 2.75) is 6.10 Å². The van der Waals surface area contributed by atoms with Gasteiger partial charge in [0.2, 0.25) is 0 Å². The molecule has 4 heterocycles. The van der Waals surface area contributed by atoms with E-state index in [4.69, 9.17) is 4.74 Å². The molecule has 8 heteroatoms. The smallest absolute Gasteiger partial charge is 0.259 e. The van der Waals surface area contributed by atoms with Gasteiger partial charge in [-0.15, -0.1) is 0 Å². The Hall–Kier alpha value is -2.87. The lowest BCUT2D eigenvalue weighted by atomic mass is 10.2. The van der Waals surface area contributed by atoms with Crippen molar-refractivity contribution >= 4 is 11.6 Å². The number of aromatic nitrogens is 5. The highest BCUT2D eigenvalue weighted by atomic mass is 16.5. The van der Waals surface area contributed by atoms with Crippen molar-refractivity contribution in [2.75, 3.05) is 19.7 Å². The van der Waals surface area contributed by atoms with Crippen molar-refractivity contribution in [2.24, 2.45) is 0 Å². The van der Waals surface area contributed by atoms with Crippen LogP contribution in [0.2, 0.25) is 0 Å². The van der Waals surface area contributed by atoms with Crippen LogP contribution in [0.3, 0.4) is 0 Å². The van der Waals surface area contributed by atoms with Gasteiger partial charge in [0, 0.05) is 31.3 Å². The molecule has 1 saturated heterocycles. The molecule has 4 rings (SSSR count). The average Bonchev–Trinajstić information content (AvgIpc) is 3.06. The van der Waals surface area contributed by atoms with Gasteiger partial charge < -0.3 is 9.64 Å². The van der Waals surface area contributed by atoms with Gasteiger partial charge in [0.1, 0.15) is 11.7 Å². The fraction of sp³-hybridized carbons (Fsp3) is 0.267. The van der Waals surface area contributed by atoms with Gasteiger partial charge in [-0.25, -0.2) is 9.50 Å². The highest BCUT2D eigenvalue weighted by Gasteiger charge is 2.28. The number of ether oxygens (including phenoxy) is 1. The summed E-state index contributed by atoms with van der Waals surface area (Å²) in [5.74, 6) is -0.101. The second-order valence-corrected chi connectivity index (χ2v) is 5.19. The minimum atomic E-state index is -0.267. The monoisotopic (exact) mass is 310 g/mol. The quantitative estimate of drug-likeness (QED) is 0.694. The van der Waals surface area contributed by atoms with Crippen LogP contribution >= 0.6 is 0 Å². The minimum Gasteiger partial charge on any atom is -0.368 e. The van der Waals surface area contributed by atoms with Crippen LogP contribution in [0.25, 0.3) is 5.65 Å². The fourth-order valence-electron chi connectivity index (χ4n) is 2.64. The molecule has 0 aromatic carbocycles. The first-order valence-electron chi connectivity index (χ1n) is 7.28. The van der Waals surface area contributed by atoms with Gasteiger partial charge in [-0.05, 0) is 6.07 Å². The van der Waals surface area contributed by atoms with Crippen LogP contribution < -0.4 is 0 Å². The molecular formula is C15H14N6O2. The summed E-state index contributed by atoms with van der Waals surface area (Å²) in [6.45, 7) is 1.42. The molecule has 23 heavy (non-hydrogen) atoms. The fourth-order valence-corrected chi connectivity index (χ4v) is 2.64. The Bertz CT molecular complexity index is 834. The lowest BCUT2D eigenvalue weighted by Gasteiger charge is -2.32. The average molecular weight is 310 g/mol. The molecule has 1 fully saturated rings. The first-order chi connectivity index (χ1) is 11.3. The first-order valence-corrected chi connectivity index (χ1v) is 7.28. The normalized spacial score (nSPS) is 18.3. The highest BCUT2D eigenvalue weighted by molar-refractivity contribution is 5.99. The number of hydrogen-bond acceptors (Lipinski definition) is 6. The summed E-state index contributed by atoms with van der Waals surface area (Å²) in [6.07, 6.45) is 9.59. The van der Waals surface area contributed by atoms with E-state index in [9.17, 15) is 4.79 Å². The van der Waals surface area contributed by atoms with E-state index < -0.39 is 0 Å². The topological polar surface area (TPSA) is 85.5 Å². The zero-order valence-electron chi connectivity index (χ0n) is 12.2. The second kappa shape index (κ2) is 5.73. The van der Waals surface area contributed by atoms with Crippen LogP contribution in [0.1, 0.15) is 22.2 Å². The maximum atomic E-state index is 12.8. The van der Waals surface area contributed by atoms with Crippen molar-refractivity contribution in [1.29, 1.82) is 0 Å². The number of amides is 1. The molecule has 3 aromatic rings. The van der Waals surface area contributed by atoms with E-state index in [1.165, 1.54) is 0 Å². The van der Waals surface area contributed by atoms with Gasteiger partial charge in [0.25, 0.3) is 5.91 Å². The molecule has 8 nitrogen and oxygen atoms in total. The van der Waals surface area contributed by atoms with E-state index in [0.29, 0.717) is 30.9 Å². The molecule has 3 aromatic heterocycles. The Morgan fingerprint density at radius 2 is 2.17 bits per heavy atom. The lowest BCUT2D eigenvalue weighted by Crippen LogP contribution is -2.42. The number of morpholine rings is 1. The minimum absolute atomic E-state index is 0.101. The number of rotatable bonds is 2. The molecule has 1 aliphatic heterocycles. The standard InChI is InChI=1S/C15H14N6O2/c22-15(11-8-19-21-5-1-2-18-14(11)21)20-6-7-23-13(10-20)12-9-16-3-4-17-12/h1-5,8-9,13H,6-7,10H2/t13-/m1/s1. The molecule has 0 radical (unpaired) electrons. The Morgan fingerprint density at radius 3 is 3.04 bits per heavy atom. The number of carbonyl (C=O) groups is 1. The van der Waals surface area contributed by atoms with Crippen LogP contribution in [0, 0.1) is 0 Å². The van der Waals surface area contributed by atoms with E-state index in [1.54, 1.807) is 52.7 Å². The molecular weight excluding hydrogens is 296 g/mol.